The normalized spacial score (nSPS) is 11.9. The first-order valence-electron chi connectivity index (χ1n) is 12.8. The van der Waals surface area contributed by atoms with Gasteiger partial charge in [-0.3, -0.25) is 0 Å². The molecule has 0 aliphatic carbocycles. The van der Waals surface area contributed by atoms with Crippen molar-refractivity contribution in [1.29, 1.82) is 0 Å². The molecule has 0 radical (unpaired) electrons. The van der Waals surface area contributed by atoms with E-state index in [1.165, 1.54) is 31.2 Å². The monoisotopic (exact) mass is 592 g/mol. The molecule has 0 aliphatic heterocycles. The van der Waals surface area contributed by atoms with Crippen molar-refractivity contribution in [2.45, 2.75) is 38.7 Å². The number of aromatic nitrogens is 3. The van der Waals surface area contributed by atoms with Crippen molar-refractivity contribution in [2.75, 3.05) is 13.2 Å². The van der Waals surface area contributed by atoms with E-state index < -0.39 is 40.9 Å². The van der Waals surface area contributed by atoms with Crippen LogP contribution in [0.25, 0.3) is 17.1 Å². The second-order valence-corrected chi connectivity index (χ2v) is 9.10. The first kappa shape index (κ1) is 30.6. The number of alkyl halides is 6. The number of hydrogen-bond donors (Lipinski definition) is 1. The molecule has 7 nitrogen and oxygen atoms in total. The van der Waals surface area contributed by atoms with Gasteiger partial charge in [0.05, 0.1) is 24.1 Å². The van der Waals surface area contributed by atoms with Gasteiger partial charge in [-0.2, -0.15) is 31.4 Å². The molecule has 0 unspecified atom stereocenters. The second-order valence-electron chi connectivity index (χ2n) is 9.10. The Morgan fingerprint density at radius 1 is 0.929 bits per heavy atom. The van der Waals surface area contributed by atoms with Crippen LogP contribution in [0.1, 0.15) is 46.1 Å². The Balaban J connectivity index is 1.74. The van der Waals surface area contributed by atoms with E-state index in [1.54, 1.807) is 12.1 Å². The number of nitrogens with zero attached hydrogens (tertiary/aromatic N) is 3. The number of carbonyl (C=O) groups excluding carboxylic acids is 1. The van der Waals surface area contributed by atoms with Gasteiger partial charge in [-0.05, 0) is 61.7 Å². The van der Waals surface area contributed by atoms with E-state index in [1.807, 2.05) is 12.1 Å². The minimum Gasteiger partial charge on any atom is -0.488 e. The molecule has 0 fully saturated rings. The first-order chi connectivity index (χ1) is 19.9. The number of para-hydroxylation sites is 1. The minimum atomic E-state index is -5.03. The average Bonchev–Trinajstić information content (AvgIpc) is 3.42. The highest BCUT2D eigenvalue weighted by atomic mass is 19.4. The summed E-state index contributed by atoms with van der Waals surface area (Å²) in [6.07, 6.45) is -7.57. The van der Waals surface area contributed by atoms with Crippen LogP contribution in [0.15, 0.2) is 66.9 Å². The zero-order chi connectivity index (χ0) is 30.5. The lowest BCUT2D eigenvalue weighted by Crippen LogP contribution is -2.19. The van der Waals surface area contributed by atoms with Crippen LogP contribution in [0.5, 0.6) is 5.75 Å². The molecule has 0 spiro atoms. The fourth-order valence-electron chi connectivity index (χ4n) is 4.23. The van der Waals surface area contributed by atoms with Gasteiger partial charge in [-0.15, -0.1) is 0 Å². The maximum absolute atomic E-state index is 14.0. The summed E-state index contributed by atoms with van der Waals surface area (Å²) in [6, 6.07) is 14.3. The Kier molecular flexibility index (Phi) is 9.20. The summed E-state index contributed by atoms with van der Waals surface area (Å²) in [5, 5.41) is 3.69. The molecule has 0 aliphatic rings. The van der Waals surface area contributed by atoms with Crippen LogP contribution < -0.4 is 10.5 Å². The number of halogens is 6. The van der Waals surface area contributed by atoms with E-state index in [-0.39, 0.29) is 30.3 Å². The average molecular weight is 593 g/mol. The smallest absolute Gasteiger partial charge is 0.434 e. The van der Waals surface area contributed by atoms with E-state index >= 15 is 0 Å². The molecule has 222 valence electrons. The van der Waals surface area contributed by atoms with Crippen molar-refractivity contribution < 1.29 is 40.6 Å². The molecule has 0 saturated carbocycles. The Morgan fingerprint density at radius 3 is 2.26 bits per heavy atom. The molecule has 0 bridgehead atoms. The van der Waals surface area contributed by atoms with Gasteiger partial charge < -0.3 is 15.2 Å². The number of ether oxygens (including phenoxy) is 2. The van der Waals surface area contributed by atoms with E-state index in [0.717, 1.165) is 30.5 Å². The molecule has 2 N–H and O–H groups in total. The van der Waals surface area contributed by atoms with E-state index in [0.29, 0.717) is 23.0 Å². The van der Waals surface area contributed by atoms with Crippen LogP contribution in [-0.4, -0.2) is 33.9 Å². The van der Waals surface area contributed by atoms with Crippen molar-refractivity contribution in [3.63, 3.8) is 0 Å². The molecular weight excluding hydrogens is 566 g/mol. The quantitative estimate of drug-likeness (QED) is 0.164. The topological polar surface area (TPSA) is 92.3 Å². The number of rotatable bonds is 10. The second kappa shape index (κ2) is 12.6. The highest BCUT2D eigenvalue weighted by Crippen LogP contribution is 2.42. The van der Waals surface area contributed by atoms with Crippen LogP contribution in [0.4, 0.5) is 26.3 Å². The van der Waals surface area contributed by atoms with Crippen LogP contribution in [0, 0.1) is 0 Å². The van der Waals surface area contributed by atoms with E-state index in [4.69, 9.17) is 15.2 Å². The van der Waals surface area contributed by atoms with Gasteiger partial charge in [-0.25, -0.2) is 14.5 Å². The van der Waals surface area contributed by atoms with Gasteiger partial charge in [0, 0.05) is 5.56 Å². The fourth-order valence-corrected chi connectivity index (χ4v) is 4.23. The van der Waals surface area contributed by atoms with Crippen LogP contribution >= 0.6 is 0 Å². The molecule has 13 heteroatoms. The van der Waals surface area contributed by atoms with E-state index in [9.17, 15) is 31.1 Å². The lowest BCUT2D eigenvalue weighted by molar-refractivity contribution is -0.143. The van der Waals surface area contributed by atoms with Crippen molar-refractivity contribution in [2.24, 2.45) is 5.73 Å². The summed E-state index contributed by atoms with van der Waals surface area (Å²) in [5.74, 6) is -2.15. The van der Waals surface area contributed by atoms with Gasteiger partial charge in [0.25, 0.3) is 0 Å². The van der Waals surface area contributed by atoms with Crippen molar-refractivity contribution >= 4 is 5.97 Å². The van der Waals surface area contributed by atoms with Crippen molar-refractivity contribution in [1.82, 2.24) is 14.8 Å². The molecule has 0 amide bonds. The van der Waals surface area contributed by atoms with Gasteiger partial charge >= 0.3 is 18.3 Å². The predicted octanol–water partition coefficient (Wildman–Crippen LogP) is 6.62. The van der Waals surface area contributed by atoms with Crippen LogP contribution in [0.3, 0.4) is 0 Å². The summed E-state index contributed by atoms with van der Waals surface area (Å²) >= 11 is 0. The van der Waals surface area contributed by atoms with Gasteiger partial charge in [0.2, 0.25) is 0 Å². The molecule has 2 heterocycles. The summed E-state index contributed by atoms with van der Waals surface area (Å²) in [6.45, 7) is 1.60. The minimum absolute atomic E-state index is 0.0995. The van der Waals surface area contributed by atoms with Crippen molar-refractivity contribution in [3.05, 3.63) is 94.8 Å². The number of nitrogens with two attached hydrogens (primary N) is 1. The van der Waals surface area contributed by atoms with Crippen molar-refractivity contribution in [3.8, 4) is 22.8 Å². The lowest BCUT2D eigenvalue weighted by Gasteiger charge is -2.18. The summed E-state index contributed by atoms with van der Waals surface area (Å²) < 4.78 is 94.9. The Bertz CT molecular complexity index is 1530. The summed E-state index contributed by atoms with van der Waals surface area (Å²) in [5.41, 5.74) is 3.62. The Hall–Kier alpha value is -4.39. The Labute approximate surface area is 236 Å². The number of esters is 1. The van der Waals surface area contributed by atoms with Gasteiger partial charge in [0.1, 0.15) is 17.9 Å². The number of aryl methyl sites for hydroxylation is 1. The van der Waals surface area contributed by atoms with Crippen LogP contribution in [0.2, 0.25) is 0 Å². The summed E-state index contributed by atoms with van der Waals surface area (Å²) in [4.78, 5) is 16.3. The Morgan fingerprint density at radius 2 is 1.62 bits per heavy atom. The third-order valence-corrected chi connectivity index (χ3v) is 6.16. The molecule has 0 saturated heterocycles. The number of benzene rings is 2. The van der Waals surface area contributed by atoms with Crippen LogP contribution in [-0.2, 0) is 30.1 Å². The maximum atomic E-state index is 14.0. The standard InChI is InChI=1S/C29H26F6N4O3/c1-2-41-27(40)21-16-37-39(26(21)29(33,34)35)24-10-4-9-23(38-24)20-7-3-8-22(28(30,31)32)25(20)42-17-19-13-11-18(12-14-19)6-5-15-36/h3-4,7-14,16H,2,5-6,15,17,36H2,1H3. The largest absolute Gasteiger partial charge is 0.488 e. The number of pyridine rings is 1. The molecule has 4 rings (SSSR count). The number of carbonyl (C=O) groups is 1. The molecule has 42 heavy (non-hydrogen) atoms. The number of hydrogen-bond acceptors (Lipinski definition) is 6. The van der Waals surface area contributed by atoms with Gasteiger partial charge in [-0.1, -0.05) is 36.4 Å². The molecular formula is C29H26F6N4O3. The molecule has 4 aromatic rings. The molecule has 2 aromatic heterocycles. The fraction of sp³-hybridized carbons (Fsp3) is 0.276. The molecule has 2 aromatic carbocycles. The summed E-state index contributed by atoms with van der Waals surface area (Å²) in [7, 11) is 0. The maximum Gasteiger partial charge on any atom is 0.434 e. The first-order valence-corrected chi connectivity index (χ1v) is 12.8. The third-order valence-electron chi connectivity index (χ3n) is 6.16. The molecule has 0 atom stereocenters. The highest BCUT2D eigenvalue weighted by Gasteiger charge is 2.41. The zero-order valence-electron chi connectivity index (χ0n) is 22.3. The van der Waals surface area contributed by atoms with E-state index in [2.05, 4.69) is 10.1 Å². The SMILES string of the molecule is CCOC(=O)c1cnn(-c2cccc(-c3cccc(C(F)(F)F)c3OCc3ccc(CCCN)cc3)n2)c1C(F)(F)F. The van der Waals surface area contributed by atoms with Gasteiger partial charge in [0.15, 0.2) is 11.5 Å². The zero-order valence-corrected chi connectivity index (χ0v) is 22.3. The highest BCUT2D eigenvalue weighted by molar-refractivity contribution is 5.90. The predicted molar refractivity (Wildman–Crippen MR) is 141 cm³/mol. The lowest BCUT2D eigenvalue weighted by atomic mass is 10.0. The third kappa shape index (κ3) is 6.90.